The molecule has 4 nitrogen and oxygen atoms in total. The van der Waals surface area contributed by atoms with E-state index in [1.54, 1.807) is 13.1 Å². The first kappa shape index (κ1) is 17.4. The highest BCUT2D eigenvalue weighted by molar-refractivity contribution is 7.99. The summed E-state index contributed by atoms with van der Waals surface area (Å²) in [4.78, 5) is 0.0945. The van der Waals surface area contributed by atoms with Crippen LogP contribution in [0.1, 0.15) is 18.4 Å². The van der Waals surface area contributed by atoms with Gasteiger partial charge in [0.1, 0.15) is 4.90 Å². The van der Waals surface area contributed by atoms with Crippen LogP contribution in [-0.2, 0) is 16.6 Å². The molecule has 0 radical (unpaired) electrons. The van der Waals surface area contributed by atoms with Crippen LogP contribution < -0.4 is 10.0 Å². The Morgan fingerprint density at radius 2 is 1.90 bits per heavy atom. The highest BCUT2D eigenvalue weighted by Crippen LogP contribution is 2.29. The lowest BCUT2D eigenvalue weighted by molar-refractivity contribution is 0.529. The van der Waals surface area contributed by atoms with Crippen molar-refractivity contribution in [2.45, 2.75) is 30.3 Å². The Balaban J connectivity index is 2.27. The molecule has 118 valence electrons. The molecular formula is C13H18Cl2N2O2S2. The van der Waals surface area contributed by atoms with E-state index < -0.39 is 10.0 Å². The molecule has 8 heteroatoms. The molecule has 1 aliphatic heterocycles. The van der Waals surface area contributed by atoms with Gasteiger partial charge in [-0.2, -0.15) is 11.8 Å². The fourth-order valence-corrected chi connectivity index (χ4v) is 5.48. The van der Waals surface area contributed by atoms with E-state index in [0.717, 1.165) is 24.3 Å². The molecule has 0 amide bonds. The minimum atomic E-state index is -3.63. The van der Waals surface area contributed by atoms with Gasteiger partial charge in [-0.1, -0.05) is 23.2 Å². The molecule has 0 aliphatic carbocycles. The maximum Gasteiger partial charge on any atom is 0.242 e. The molecule has 0 atom stereocenters. The van der Waals surface area contributed by atoms with E-state index >= 15 is 0 Å². The predicted octanol–water partition coefficient (Wildman–Crippen LogP) is 2.89. The first-order chi connectivity index (χ1) is 9.94. The van der Waals surface area contributed by atoms with Gasteiger partial charge in [-0.3, -0.25) is 0 Å². The molecule has 1 fully saturated rings. The number of halogens is 2. The number of rotatable bonds is 5. The summed E-state index contributed by atoms with van der Waals surface area (Å²) in [5.74, 6) is 1.96. The Bertz CT molecular complexity index is 602. The third-order valence-electron chi connectivity index (χ3n) is 3.30. The molecule has 1 aromatic carbocycles. The third kappa shape index (κ3) is 4.50. The fraction of sp³-hybridized carbons (Fsp3) is 0.538. The first-order valence-corrected chi connectivity index (χ1v) is 10.1. The number of nitrogens with one attached hydrogen (secondary N) is 2. The molecule has 21 heavy (non-hydrogen) atoms. The molecule has 1 aromatic rings. The molecule has 1 heterocycles. The Hall–Kier alpha value is 0.0200. The van der Waals surface area contributed by atoms with Crippen molar-refractivity contribution in [2.24, 2.45) is 0 Å². The topological polar surface area (TPSA) is 58.2 Å². The van der Waals surface area contributed by atoms with Crippen molar-refractivity contribution >= 4 is 45.0 Å². The second-order valence-corrected chi connectivity index (χ2v) is 8.63. The first-order valence-electron chi connectivity index (χ1n) is 6.66. The van der Waals surface area contributed by atoms with Gasteiger partial charge >= 0.3 is 0 Å². The molecule has 1 saturated heterocycles. The van der Waals surface area contributed by atoms with Crippen LogP contribution in [0, 0.1) is 0 Å². The number of hydrogen-bond donors (Lipinski definition) is 2. The van der Waals surface area contributed by atoms with Crippen LogP contribution in [-0.4, -0.2) is 33.0 Å². The summed E-state index contributed by atoms with van der Waals surface area (Å²) < 4.78 is 27.8. The summed E-state index contributed by atoms with van der Waals surface area (Å²) in [6, 6.07) is 3.01. The van der Waals surface area contributed by atoms with Gasteiger partial charge in [-0.25, -0.2) is 13.1 Å². The van der Waals surface area contributed by atoms with Crippen LogP contribution >= 0.6 is 35.0 Å². The summed E-state index contributed by atoms with van der Waals surface area (Å²) in [6.45, 7) is 0.485. The van der Waals surface area contributed by atoms with Gasteiger partial charge in [-0.05, 0) is 49.1 Å². The van der Waals surface area contributed by atoms with E-state index in [1.165, 1.54) is 6.07 Å². The van der Waals surface area contributed by atoms with Gasteiger partial charge in [0.25, 0.3) is 0 Å². The van der Waals surface area contributed by atoms with Gasteiger partial charge < -0.3 is 5.32 Å². The van der Waals surface area contributed by atoms with Crippen molar-refractivity contribution in [2.75, 3.05) is 18.6 Å². The minimum absolute atomic E-state index is 0.0178. The largest absolute Gasteiger partial charge is 0.316 e. The van der Waals surface area contributed by atoms with Gasteiger partial charge in [0.05, 0.1) is 5.02 Å². The number of benzene rings is 1. The average Bonchev–Trinajstić information content (AvgIpc) is 2.42. The van der Waals surface area contributed by atoms with Gasteiger partial charge in [-0.15, -0.1) is 0 Å². The standard InChI is InChI=1S/C13H18Cl2N2O2S2/c1-16-8-9-6-13(12(15)7-11(9)14)21(18,19)17-10-2-4-20-5-3-10/h6-7,10,16-17H,2-5,8H2,1H3. The SMILES string of the molecule is CNCc1cc(S(=O)(=O)NC2CCSCC2)c(Cl)cc1Cl. The summed E-state index contributed by atoms with van der Waals surface area (Å²) in [5, 5.41) is 3.57. The molecule has 0 unspecified atom stereocenters. The molecule has 2 rings (SSSR count). The van der Waals surface area contributed by atoms with Gasteiger partial charge in [0.15, 0.2) is 0 Å². The van der Waals surface area contributed by atoms with Crippen LogP contribution in [0.3, 0.4) is 0 Å². The summed E-state index contributed by atoms with van der Waals surface area (Å²) in [5.41, 5.74) is 0.711. The predicted molar refractivity (Wildman–Crippen MR) is 89.9 cm³/mol. The van der Waals surface area contributed by atoms with Gasteiger partial charge in [0, 0.05) is 17.6 Å². The van der Waals surface area contributed by atoms with Crippen molar-refractivity contribution < 1.29 is 8.42 Å². The van der Waals surface area contributed by atoms with Crippen molar-refractivity contribution in [3.8, 4) is 0 Å². The number of hydrogen-bond acceptors (Lipinski definition) is 4. The zero-order valence-electron chi connectivity index (χ0n) is 11.7. The van der Waals surface area contributed by atoms with Crippen LogP contribution in [0.25, 0.3) is 0 Å². The molecular weight excluding hydrogens is 351 g/mol. The maximum atomic E-state index is 12.5. The Kier molecular flexibility index (Phi) is 6.23. The normalized spacial score (nSPS) is 17.1. The highest BCUT2D eigenvalue weighted by atomic mass is 35.5. The van der Waals surface area contributed by atoms with E-state index in [9.17, 15) is 8.42 Å². The second kappa shape index (κ2) is 7.53. The Morgan fingerprint density at radius 3 is 2.52 bits per heavy atom. The zero-order valence-corrected chi connectivity index (χ0v) is 14.8. The molecule has 2 N–H and O–H groups in total. The molecule has 0 saturated carbocycles. The Labute approximate surface area is 140 Å². The van der Waals surface area contributed by atoms with Crippen molar-refractivity contribution in [3.63, 3.8) is 0 Å². The highest BCUT2D eigenvalue weighted by Gasteiger charge is 2.25. The molecule has 0 spiro atoms. The quantitative estimate of drug-likeness (QED) is 0.838. The van der Waals surface area contributed by atoms with Crippen LogP contribution in [0.4, 0.5) is 0 Å². The fourth-order valence-electron chi connectivity index (χ4n) is 2.20. The van der Waals surface area contributed by atoms with Crippen molar-refractivity contribution in [1.82, 2.24) is 10.0 Å². The summed E-state index contributed by atoms with van der Waals surface area (Å²) in [6.07, 6.45) is 1.69. The summed E-state index contributed by atoms with van der Waals surface area (Å²) >= 11 is 14.0. The zero-order chi connectivity index (χ0) is 15.5. The molecule has 0 bridgehead atoms. The Morgan fingerprint density at radius 1 is 1.24 bits per heavy atom. The van der Waals surface area contributed by atoms with E-state index in [-0.39, 0.29) is 16.0 Å². The lowest BCUT2D eigenvalue weighted by Gasteiger charge is -2.23. The number of sulfonamides is 1. The average molecular weight is 369 g/mol. The second-order valence-electron chi connectivity index (χ2n) is 4.91. The monoisotopic (exact) mass is 368 g/mol. The summed E-state index contributed by atoms with van der Waals surface area (Å²) in [7, 11) is -1.85. The van der Waals surface area contributed by atoms with Crippen LogP contribution in [0.2, 0.25) is 10.0 Å². The van der Waals surface area contributed by atoms with Gasteiger partial charge in [0.2, 0.25) is 10.0 Å². The maximum absolute atomic E-state index is 12.5. The minimum Gasteiger partial charge on any atom is -0.316 e. The van der Waals surface area contributed by atoms with Crippen LogP contribution in [0.5, 0.6) is 0 Å². The van der Waals surface area contributed by atoms with E-state index in [4.69, 9.17) is 23.2 Å². The van der Waals surface area contributed by atoms with Crippen molar-refractivity contribution in [1.29, 1.82) is 0 Å². The van der Waals surface area contributed by atoms with E-state index in [2.05, 4.69) is 10.0 Å². The third-order valence-corrected chi connectivity index (χ3v) is 6.69. The lowest BCUT2D eigenvalue weighted by Crippen LogP contribution is -2.37. The lowest BCUT2D eigenvalue weighted by atomic mass is 10.2. The molecule has 0 aromatic heterocycles. The molecule has 1 aliphatic rings. The number of thioether (sulfide) groups is 1. The smallest absolute Gasteiger partial charge is 0.242 e. The van der Waals surface area contributed by atoms with Crippen molar-refractivity contribution in [3.05, 3.63) is 27.7 Å². The van der Waals surface area contributed by atoms with E-state index in [1.807, 2.05) is 11.8 Å². The van der Waals surface area contributed by atoms with E-state index in [0.29, 0.717) is 17.1 Å². The van der Waals surface area contributed by atoms with Crippen LogP contribution in [0.15, 0.2) is 17.0 Å².